The van der Waals surface area contributed by atoms with Gasteiger partial charge < -0.3 is 9.84 Å². The molecular weight excluding hydrogens is 314 g/mol. The highest BCUT2D eigenvalue weighted by Crippen LogP contribution is 2.40. The third kappa shape index (κ3) is 2.70. The number of aromatic nitrogens is 3. The van der Waals surface area contributed by atoms with Crippen molar-refractivity contribution in [2.24, 2.45) is 0 Å². The molecular formula is C20H21N3O2. The third-order valence-corrected chi connectivity index (χ3v) is 4.77. The smallest absolute Gasteiger partial charge is 0.142 e. The second-order valence-electron chi connectivity index (χ2n) is 6.75. The van der Waals surface area contributed by atoms with Gasteiger partial charge in [-0.2, -0.15) is 0 Å². The van der Waals surface area contributed by atoms with E-state index in [-0.39, 0.29) is 0 Å². The second-order valence-corrected chi connectivity index (χ2v) is 6.75. The Morgan fingerprint density at radius 3 is 2.84 bits per heavy atom. The van der Waals surface area contributed by atoms with Crippen LogP contribution in [0.3, 0.4) is 0 Å². The Morgan fingerprint density at radius 1 is 1.16 bits per heavy atom. The predicted octanol–water partition coefficient (Wildman–Crippen LogP) is 3.41. The first-order chi connectivity index (χ1) is 12.1. The molecule has 0 saturated heterocycles. The molecule has 0 fully saturated rings. The van der Waals surface area contributed by atoms with Gasteiger partial charge in [-0.1, -0.05) is 49.4 Å². The first-order valence-electron chi connectivity index (χ1n) is 8.56. The molecule has 1 aliphatic rings. The summed E-state index contributed by atoms with van der Waals surface area (Å²) >= 11 is 0. The number of rotatable bonds is 3. The van der Waals surface area contributed by atoms with Gasteiger partial charge in [0.2, 0.25) is 0 Å². The maximum absolute atomic E-state index is 11.3. The summed E-state index contributed by atoms with van der Waals surface area (Å²) in [4.78, 5) is 0. The van der Waals surface area contributed by atoms with E-state index in [9.17, 15) is 5.11 Å². The van der Waals surface area contributed by atoms with Crippen LogP contribution in [0.4, 0.5) is 0 Å². The van der Waals surface area contributed by atoms with Gasteiger partial charge in [-0.05, 0) is 29.7 Å². The summed E-state index contributed by atoms with van der Waals surface area (Å²) in [7, 11) is 0. The van der Waals surface area contributed by atoms with Crippen LogP contribution in [0, 0.1) is 0 Å². The van der Waals surface area contributed by atoms with Crippen LogP contribution in [0.1, 0.15) is 43.0 Å². The number of nitrogens with zero attached hydrogens (tertiary/aromatic N) is 3. The highest BCUT2D eigenvalue weighted by molar-refractivity contribution is 5.44. The topological polar surface area (TPSA) is 60.2 Å². The Morgan fingerprint density at radius 2 is 2.00 bits per heavy atom. The molecule has 0 bridgehead atoms. The molecule has 128 valence electrons. The Balaban J connectivity index is 1.74. The Bertz CT molecular complexity index is 903. The highest BCUT2D eigenvalue weighted by atomic mass is 16.5. The number of hydrogen-bond donors (Lipinski definition) is 1. The zero-order valence-corrected chi connectivity index (χ0v) is 14.4. The van der Waals surface area contributed by atoms with Crippen molar-refractivity contribution in [3.05, 3.63) is 71.5 Å². The summed E-state index contributed by atoms with van der Waals surface area (Å²) < 4.78 is 7.38. The molecule has 1 unspecified atom stereocenters. The summed E-state index contributed by atoms with van der Waals surface area (Å²) in [6.07, 6.45) is 2.26. The lowest BCUT2D eigenvalue weighted by molar-refractivity contribution is 0.0310. The molecule has 1 N–H and O–H groups in total. The Kier molecular flexibility index (Phi) is 3.81. The molecule has 2 aromatic carbocycles. The number of ether oxygens (including phenoxy) is 1. The van der Waals surface area contributed by atoms with Gasteiger partial charge in [0.25, 0.3) is 0 Å². The van der Waals surface area contributed by atoms with Crippen LogP contribution in [0.5, 0.6) is 5.75 Å². The van der Waals surface area contributed by atoms with Crippen molar-refractivity contribution in [2.45, 2.75) is 31.8 Å². The fourth-order valence-electron chi connectivity index (χ4n) is 3.25. The molecule has 0 spiro atoms. The van der Waals surface area contributed by atoms with E-state index in [0.717, 1.165) is 11.3 Å². The van der Waals surface area contributed by atoms with Gasteiger partial charge in [0.15, 0.2) is 0 Å². The molecule has 0 saturated carbocycles. The van der Waals surface area contributed by atoms with Gasteiger partial charge in [-0.15, -0.1) is 5.10 Å². The minimum Gasteiger partial charge on any atom is -0.493 e. The first kappa shape index (κ1) is 15.8. The van der Waals surface area contributed by atoms with E-state index >= 15 is 0 Å². The molecule has 1 atom stereocenters. The van der Waals surface area contributed by atoms with E-state index < -0.39 is 5.60 Å². The molecule has 25 heavy (non-hydrogen) atoms. The van der Waals surface area contributed by atoms with E-state index in [1.165, 1.54) is 5.56 Å². The fourth-order valence-corrected chi connectivity index (χ4v) is 3.25. The standard InChI is InChI=1S/C20H21N3O2/c1-14(2)15-6-5-7-16(12-15)23-13-19(21-22-23)20(24)10-11-25-18-9-4-3-8-17(18)20/h3-9,12-14,24H,10-11H2,1-2H3. The van der Waals surface area contributed by atoms with Gasteiger partial charge in [0.05, 0.1) is 18.5 Å². The monoisotopic (exact) mass is 335 g/mol. The van der Waals surface area contributed by atoms with Crippen LogP contribution >= 0.6 is 0 Å². The first-order valence-corrected chi connectivity index (χ1v) is 8.56. The molecule has 4 rings (SSSR count). The number of hydrogen-bond acceptors (Lipinski definition) is 4. The highest BCUT2D eigenvalue weighted by Gasteiger charge is 2.39. The molecule has 0 radical (unpaired) electrons. The minimum atomic E-state index is -1.18. The minimum absolute atomic E-state index is 0.439. The predicted molar refractivity (Wildman–Crippen MR) is 95.0 cm³/mol. The quantitative estimate of drug-likeness (QED) is 0.797. The van der Waals surface area contributed by atoms with Crippen molar-refractivity contribution in [1.82, 2.24) is 15.0 Å². The fraction of sp³-hybridized carbons (Fsp3) is 0.300. The molecule has 2 heterocycles. The largest absolute Gasteiger partial charge is 0.493 e. The summed E-state index contributed by atoms with van der Waals surface area (Å²) in [6, 6.07) is 15.8. The number of para-hydroxylation sites is 1. The van der Waals surface area contributed by atoms with Gasteiger partial charge in [0, 0.05) is 12.0 Å². The molecule has 0 aliphatic carbocycles. The zero-order chi connectivity index (χ0) is 17.4. The lowest BCUT2D eigenvalue weighted by atomic mass is 9.85. The van der Waals surface area contributed by atoms with E-state index in [0.29, 0.717) is 30.4 Å². The van der Waals surface area contributed by atoms with Crippen LogP contribution in [0.2, 0.25) is 0 Å². The van der Waals surface area contributed by atoms with Crippen molar-refractivity contribution >= 4 is 0 Å². The summed E-state index contributed by atoms with van der Waals surface area (Å²) in [5, 5.41) is 19.8. The van der Waals surface area contributed by atoms with Crippen molar-refractivity contribution in [1.29, 1.82) is 0 Å². The van der Waals surface area contributed by atoms with Crippen LogP contribution in [-0.4, -0.2) is 26.7 Å². The Labute approximate surface area is 146 Å². The molecule has 5 heteroatoms. The maximum atomic E-state index is 11.3. The molecule has 1 aliphatic heterocycles. The van der Waals surface area contributed by atoms with Crippen molar-refractivity contribution in [2.75, 3.05) is 6.61 Å². The van der Waals surface area contributed by atoms with E-state index in [1.54, 1.807) is 4.68 Å². The zero-order valence-electron chi connectivity index (χ0n) is 14.4. The third-order valence-electron chi connectivity index (χ3n) is 4.77. The van der Waals surface area contributed by atoms with Crippen LogP contribution < -0.4 is 4.74 Å². The Hall–Kier alpha value is -2.66. The lowest BCUT2D eigenvalue weighted by Crippen LogP contribution is -2.34. The van der Waals surface area contributed by atoms with Crippen LogP contribution in [0.15, 0.2) is 54.7 Å². The number of aliphatic hydroxyl groups is 1. The molecule has 0 amide bonds. The van der Waals surface area contributed by atoms with Crippen molar-refractivity contribution in [3.8, 4) is 11.4 Å². The normalized spacial score (nSPS) is 19.5. The SMILES string of the molecule is CC(C)c1cccc(-n2cc(C3(O)CCOc4ccccc43)nn2)c1. The number of fused-ring (bicyclic) bond motifs is 1. The van der Waals surface area contributed by atoms with Crippen molar-refractivity contribution < 1.29 is 9.84 Å². The average Bonchev–Trinajstić information content (AvgIpc) is 3.13. The average molecular weight is 335 g/mol. The van der Waals surface area contributed by atoms with Crippen LogP contribution in [-0.2, 0) is 5.60 Å². The summed E-state index contributed by atoms with van der Waals surface area (Å²) in [5.74, 6) is 1.14. The van der Waals surface area contributed by atoms with Gasteiger partial charge in [-0.3, -0.25) is 0 Å². The molecule has 5 nitrogen and oxygen atoms in total. The molecule has 3 aromatic rings. The van der Waals surface area contributed by atoms with Gasteiger partial charge in [0.1, 0.15) is 17.0 Å². The lowest BCUT2D eigenvalue weighted by Gasteiger charge is -2.32. The van der Waals surface area contributed by atoms with Gasteiger partial charge >= 0.3 is 0 Å². The van der Waals surface area contributed by atoms with E-state index in [1.807, 2.05) is 42.6 Å². The summed E-state index contributed by atoms with van der Waals surface area (Å²) in [5.41, 5.74) is 2.28. The summed E-state index contributed by atoms with van der Waals surface area (Å²) in [6.45, 7) is 4.77. The van der Waals surface area contributed by atoms with Gasteiger partial charge in [-0.25, -0.2) is 4.68 Å². The van der Waals surface area contributed by atoms with E-state index in [4.69, 9.17) is 4.74 Å². The number of benzene rings is 2. The maximum Gasteiger partial charge on any atom is 0.142 e. The second kappa shape index (κ2) is 6.01. The van der Waals surface area contributed by atoms with Crippen LogP contribution in [0.25, 0.3) is 5.69 Å². The molecule has 1 aromatic heterocycles. The van der Waals surface area contributed by atoms with E-state index in [2.05, 4.69) is 36.3 Å². The van der Waals surface area contributed by atoms with Crippen molar-refractivity contribution in [3.63, 3.8) is 0 Å².